The fraction of sp³-hybridized carbons (Fsp3) is 0.222. The maximum atomic E-state index is 12.5. The van der Waals surface area contributed by atoms with E-state index >= 15 is 0 Å². The lowest BCUT2D eigenvalue weighted by Crippen LogP contribution is -2.14. The van der Waals surface area contributed by atoms with Gasteiger partial charge in [-0.1, -0.05) is 29.8 Å². The smallest absolute Gasteiger partial charge is 0.261 e. The van der Waals surface area contributed by atoms with Crippen molar-refractivity contribution in [2.45, 2.75) is 25.2 Å². The third-order valence-corrected chi connectivity index (χ3v) is 4.84. The van der Waals surface area contributed by atoms with Crippen LogP contribution in [0.5, 0.6) is 5.75 Å². The first-order valence-electron chi connectivity index (χ1n) is 7.34. The highest BCUT2D eigenvalue weighted by Gasteiger charge is 2.16. The van der Waals surface area contributed by atoms with Crippen LogP contribution in [0.2, 0.25) is 0 Å². The Morgan fingerprint density at radius 2 is 1.83 bits per heavy atom. The summed E-state index contributed by atoms with van der Waals surface area (Å²) in [4.78, 5) is 0.246. The fourth-order valence-corrected chi connectivity index (χ4v) is 3.23. The zero-order chi connectivity index (χ0) is 16.9. The molecule has 23 heavy (non-hydrogen) atoms. The summed E-state index contributed by atoms with van der Waals surface area (Å²) in [5, 5.41) is 0. The highest BCUT2D eigenvalue weighted by Crippen LogP contribution is 2.25. The van der Waals surface area contributed by atoms with Gasteiger partial charge in [0.15, 0.2) is 0 Å². The lowest BCUT2D eigenvalue weighted by atomic mass is 10.1. The van der Waals surface area contributed by atoms with Crippen molar-refractivity contribution in [1.29, 1.82) is 0 Å². The second-order valence-corrected chi connectivity index (χ2v) is 6.90. The molecule has 2 aromatic rings. The Balaban J connectivity index is 2.36. The number of hydrogen-bond acceptors (Lipinski definition) is 3. The van der Waals surface area contributed by atoms with Crippen LogP contribution in [0, 0.1) is 6.92 Å². The summed E-state index contributed by atoms with van der Waals surface area (Å²) in [6, 6.07) is 12.1. The molecule has 0 heterocycles. The van der Waals surface area contributed by atoms with Gasteiger partial charge in [0.2, 0.25) is 0 Å². The molecule has 122 valence electrons. The minimum absolute atomic E-state index is 0.246. The first kappa shape index (κ1) is 17.1. The number of methoxy groups -OCH3 is 1. The van der Waals surface area contributed by atoms with E-state index in [2.05, 4.69) is 4.72 Å². The minimum atomic E-state index is -3.61. The van der Waals surface area contributed by atoms with Crippen LogP contribution in [-0.2, 0) is 16.4 Å². The van der Waals surface area contributed by atoms with Gasteiger partial charge in [-0.05, 0) is 56.2 Å². The van der Waals surface area contributed by atoms with Gasteiger partial charge in [0.05, 0.1) is 17.7 Å². The lowest BCUT2D eigenvalue weighted by molar-refractivity contribution is 0.414. The molecule has 0 spiro atoms. The summed E-state index contributed by atoms with van der Waals surface area (Å²) in [6.07, 6.45) is 4.52. The summed E-state index contributed by atoms with van der Waals surface area (Å²) in [5.74, 6) is 0.697. The van der Waals surface area contributed by atoms with Crippen LogP contribution in [0.4, 0.5) is 5.69 Å². The molecule has 1 N–H and O–H groups in total. The molecule has 0 atom stereocenters. The van der Waals surface area contributed by atoms with Crippen molar-refractivity contribution >= 4 is 15.7 Å². The van der Waals surface area contributed by atoms with E-state index in [1.54, 1.807) is 43.5 Å². The predicted octanol–water partition coefficient (Wildman–Crippen LogP) is 3.92. The highest BCUT2D eigenvalue weighted by atomic mass is 32.2. The van der Waals surface area contributed by atoms with Gasteiger partial charge >= 0.3 is 0 Å². The molecule has 0 aliphatic rings. The molecule has 0 saturated carbocycles. The standard InChI is InChI=1S/C18H21NO3S/c1-4-5-6-15-13-16(22-3)9-12-18(15)19-23(20,21)17-10-7-14(2)8-11-17/h4-5,7-13,19H,6H2,1-3H3/b5-4+. The van der Waals surface area contributed by atoms with E-state index in [0.29, 0.717) is 17.9 Å². The Bertz CT molecular complexity index is 794. The van der Waals surface area contributed by atoms with Crippen LogP contribution >= 0.6 is 0 Å². The number of ether oxygens (including phenoxy) is 1. The van der Waals surface area contributed by atoms with E-state index in [1.165, 1.54) is 0 Å². The van der Waals surface area contributed by atoms with E-state index in [1.807, 2.05) is 32.1 Å². The molecule has 2 aromatic carbocycles. The van der Waals surface area contributed by atoms with Gasteiger partial charge in [0, 0.05) is 0 Å². The van der Waals surface area contributed by atoms with E-state index < -0.39 is 10.0 Å². The van der Waals surface area contributed by atoms with Gasteiger partial charge in [-0.2, -0.15) is 0 Å². The van der Waals surface area contributed by atoms with Gasteiger partial charge in [-0.3, -0.25) is 4.72 Å². The SMILES string of the molecule is C/C=C/Cc1cc(OC)ccc1NS(=O)(=O)c1ccc(C)cc1. The fourth-order valence-electron chi connectivity index (χ4n) is 2.13. The van der Waals surface area contributed by atoms with E-state index in [9.17, 15) is 8.42 Å². The average molecular weight is 331 g/mol. The first-order chi connectivity index (χ1) is 11.0. The minimum Gasteiger partial charge on any atom is -0.497 e. The molecule has 0 radical (unpaired) electrons. The molecule has 0 amide bonds. The van der Waals surface area contributed by atoms with Crippen LogP contribution in [0.15, 0.2) is 59.5 Å². The summed E-state index contributed by atoms with van der Waals surface area (Å²) >= 11 is 0. The normalized spacial score (nSPS) is 11.6. The zero-order valence-corrected chi connectivity index (χ0v) is 14.4. The van der Waals surface area contributed by atoms with E-state index in [0.717, 1.165) is 11.1 Å². The predicted molar refractivity (Wildman–Crippen MR) is 93.5 cm³/mol. The molecular weight excluding hydrogens is 310 g/mol. The summed E-state index contributed by atoms with van der Waals surface area (Å²) in [7, 11) is -2.02. The molecule has 0 saturated heterocycles. The van der Waals surface area contributed by atoms with Crippen molar-refractivity contribution in [3.8, 4) is 5.75 Å². The molecule has 0 bridgehead atoms. The Kier molecular flexibility index (Phi) is 5.45. The Morgan fingerprint density at radius 3 is 2.43 bits per heavy atom. The molecule has 0 aromatic heterocycles. The number of nitrogens with one attached hydrogen (secondary N) is 1. The highest BCUT2D eigenvalue weighted by molar-refractivity contribution is 7.92. The molecule has 5 heteroatoms. The van der Waals surface area contributed by atoms with Crippen molar-refractivity contribution < 1.29 is 13.2 Å². The lowest BCUT2D eigenvalue weighted by Gasteiger charge is -2.13. The quantitative estimate of drug-likeness (QED) is 0.816. The molecule has 2 rings (SSSR count). The van der Waals surface area contributed by atoms with Gasteiger partial charge in [-0.25, -0.2) is 8.42 Å². The second kappa shape index (κ2) is 7.33. The van der Waals surface area contributed by atoms with Gasteiger partial charge in [0.25, 0.3) is 10.0 Å². The molecule has 0 aliphatic heterocycles. The van der Waals surface area contributed by atoms with Crippen LogP contribution in [0.3, 0.4) is 0 Å². The number of rotatable bonds is 6. The molecule has 0 aliphatic carbocycles. The van der Waals surface area contributed by atoms with Gasteiger partial charge in [0.1, 0.15) is 5.75 Å². The van der Waals surface area contributed by atoms with Crippen LogP contribution in [-0.4, -0.2) is 15.5 Å². The van der Waals surface area contributed by atoms with Crippen molar-refractivity contribution in [2.75, 3.05) is 11.8 Å². The molecule has 0 unspecified atom stereocenters. The van der Waals surface area contributed by atoms with Gasteiger partial charge < -0.3 is 4.74 Å². The number of aryl methyl sites for hydroxylation is 1. The van der Waals surface area contributed by atoms with Crippen LogP contribution < -0.4 is 9.46 Å². The maximum absolute atomic E-state index is 12.5. The first-order valence-corrected chi connectivity index (χ1v) is 8.82. The Hall–Kier alpha value is -2.27. The average Bonchev–Trinajstić information content (AvgIpc) is 2.54. The molecule has 0 fully saturated rings. The number of allylic oxidation sites excluding steroid dienone is 2. The van der Waals surface area contributed by atoms with E-state index in [4.69, 9.17) is 4.74 Å². The summed E-state index contributed by atoms with van der Waals surface area (Å²) in [6.45, 7) is 3.85. The van der Waals surface area contributed by atoms with Crippen molar-refractivity contribution in [2.24, 2.45) is 0 Å². The number of hydrogen-bond donors (Lipinski definition) is 1. The third-order valence-electron chi connectivity index (χ3n) is 3.46. The summed E-state index contributed by atoms with van der Waals surface area (Å²) in [5.41, 5.74) is 2.43. The van der Waals surface area contributed by atoms with Gasteiger partial charge in [-0.15, -0.1) is 0 Å². The maximum Gasteiger partial charge on any atom is 0.261 e. The number of benzene rings is 2. The third kappa shape index (κ3) is 4.36. The Labute approximate surface area is 137 Å². The van der Waals surface area contributed by atoms with E-state index in [-0.39, 0.29) is 4.90 Å². The number of sulfonamides is 1. The number of anilines is 1. The van der Waals surface area contributed by atoms with Crippen molar-refractivity contribution in [1.82, 2.24) is 0 Å². The zero-order valence-electron chi connectivity index (χ0n) is 13.5. The van der Waals surface area contributed by atoms with Crippen molar-refractivity contribution in [3.63, 3.8) is 0 Å². The summed E-state index contributed by atoms with van der Waals surface area (Å²) < 4.78 is 32.9. The van der Waals surface area contributed by atoms with Crippen LogP contribution in [0.25, 0.3) is 0 Å². The largest absolute Gasteiger partial charge is 0.497 e. The molecular formula is C18H21NO3S. The topological polar surface area (TPSA) is 55.4 Å². The van der Waals surface area contributed by atoms with Crippen LogP contribution in [0.1, 0.15) is 18.1 Å². The Morgan fingerprint density at radius 1 is 1.13 bits per heavy atom. The monoisotopic (exact) mass is 331 g/mol. The molecule has 4 nitrogen and oxygen atoms in total. The van der Waals surface area contributed by atoms with Crippen molar-refractivity contribution in [3.05, 3.63) is 65.7 Å². The second-order valence-electron chi connectivity index (χ2n) is 5.21.